The molecule has 2 unspecified atom stereocenters. The zero-order chi connectivity index (χ0) is 21.7. The van der Waals surface area contributed by atoms with Crippen molar-refractivity contribution >= 4 is 12.0 Å². The Balaban J connectivity index is 0.000000370. The first-order valence-corrected chi connectivity index (χ1v) is 9.73. The van der Waals surface area contributed by atoms with Crippen molar-refractivity contribution in [2.75, 3.05) is 66.6 Å². The van der Waals surface area contributed by atoms with E-state index in [-0.39, 0.29) is 11.6 Å². The van der Waals surface area contributed by atoms with Gasteiger partial charge in [0.2, 0.25) is 0 Å². The van der Waals surface area contributed by atoms with Crippen LogP contribution >= 0.6 is 0 Å². The second-order valence-corrected chi connectivity index (χ2v) is 8.03. The molecule has 3 aliphatic rings. The topological polar surface area (TPSA) is 82.5 Å². The second-order valence-electron chi connectivity index (χ2n) is 8.03. The number of likely N-dealkylation sites (tertiary alicyclic amines) is 1. The zero-order valence-corrected chi connectivity index (χ0v) is 16.9. The lowest BCUT2D eigenvalue weighted by molar-refractivity contribution is -0.192. The van der Waals surface area contributed by atoms with E-state index in [0.29, 0.717) is 32.2 Å². The normalized spacial score (nSPS) is 28.0. The van der Waals surface area contributed by atoms with Crippen LogP contribution in [0.3, 0.4) is 0 Å². The molecule has 2 atom stereocenters. The Morgan fingerprint density at radius 3 is 2.38 bits per heavy atom. The number of aliphatic carboxylic acids is 1. The number of ether oxygens (including phenoxy) is 2. The van der Waals surface area contributed by atoms with E-state index in [2.05, 4.69) is 4.90 Å². The maximum Gasteiger partial charge on any atom is 0.490 e. The highest BCUT2D eigenvalue weighted by Gasteiger charge is 2.44. The summed E-state index contributed by atoms with van der Waals surface area (Å²) in [5.74, 6) is -2.19. The largest absolute Gasteiger partial charge is 0.490 e. The minimum Gasteiger partial charge on any atom is -0.475 e. The number of carbonyl (C=O) groups is 2. The lowest BCUT2D eigenvalue weighted by Crippen LogP contribution is -2.49. The number of urea groups is 1. The molecule has 3 fully saturated rings. The smallest absolute Gasteiger partial charge is 0.475 e. The molecule has 0 aromatic rings. The molecule has 3 rings (SSSR count). The molecule has 3 saturated heterocycles. The summed E-state index contributed by atoms with van der Waals surface area (Å²) in [4.78, 5) is 27.2. The van der Waals surface area contributed by atoms with Crippen LogP contribution in [0, 0.1) is 5.92 Å². The standard InChI is InChI=1S/C16H29N3O3.C2HF3O2/c1-17(2)15(20)19-7-8-21-13-16(12-19)9-14(11-22-16)10-18-5-3-4-6-18;3-2(4,5)1(6)7/h14H,3-13H2,1-2H3;(H,6,7). The van der Waals surface area contributed by atoms with Crippen molar-refractivity contribution in [2.24, 2.45) is 5.92 Å². The Bertz CT molecular complexity index is 569. The number of amides is 2. The molecule has 0 aromatic heterocycles. The number of hydrogen-bond donors (Lipinski definition) is 1. The Hall–Kier alpha value is -1.59. The first-order chi connectivity index (χ1) is 13.5. The Kier molecular flexibility index (Phi) is 8.12. The van der Waals surface area contributed by atoms with Crippen LogP contribution in [0.5, 0.6) is 0 Å². The third kappa shape index (κ3) is 7.00. The van der Waals surface area contributed by atoms with E-state index < -0.39 is 12.1 Å². The van der Waals surface area contributed by atoms with Gasteiger partial charge >= 0.3 is 18.2 Å². The fraction of sp³-hybridized carbons (Fsp3) is 0.889. The van der Waals surface area contributed by atoms with Gasteiger partial charge in [0.15, 0.2) is 0 Å². The fourth-order valence-electron chi connectivity index (χ4n) is 3.95. The minimum absolute atomic E-state index is 0.0523. The van der Waals surface area contributed by atoms with E-state index >= 15 is 0 Å². The van der Waals surface area contributed by atoms with Crippen molar-refractivity contribution in [2.45, 2.75) is 31.0 Å². The quantitative estimate of drug-likeness (QED) is 0.722. The molecule has 168 valence electrons. The zero-order valence-electron chi connectivity index (χ0n) is 16.9. The van der Waals surface area contributed by atoms with E-state index in [9.17, 15) is 18.0 Å². The summed E-state index contributed by atoms with van der Waals surface area (Å²) in [6.07, 6.45) is -1.43. The van der Waals surface area contributed by atoms with E-state index in [0.717, 1.165) is 19.6 Å². The molecule has 3 aliphatic heterocycles. The van der Waals surface area contributed by atoms with Crippen molar-refractivity contribution in [3.63, 3.8) is 0 Å². The van der Waals surface area contributed by atoms with Crippen molar-refractivity contribution in [3.8, 4) is 0 Å². The van der Waals surface area contributed by atoms with Gasteiger partial charge in [0, 0.05) is 27.2 Å². The molecule has 0 aliphatic carbocycles. The van der Waals surface area contributed by atoms with Crippen LogP contribution in [0.4, 0.5) is 18.0 Å². The molecule has 0 radical (unpaired) electrons. The van der Waals surface area contributed by atoms with Gasteiger partial charge in [-0.05, 0) is 38.3 Å². The molecule has 0 bridgehead atoms. The van der Waals surface area contributed by atoms with Gasteiger partial charge < -0.3 is 29.3 Å². The minimum atomic E-state index is -5.08. The molecule has 8 nitrogen and oxygen atoms in total. The molecule has 1 spiro atoms. The number of carboxylic acid groups (broad SMARTS) is 1. The lowest BCUT2D eigenvalue weighted by Gasteiger charge is -2.32. The average molecular weight is 425 g/mol. The van der Waals surface area contributed by atoms with Gasteiger partial charge in [-0.25, -0.2) is 9.59 Å². The van der Waals surface area contributed by atoms with Crippen molar-refractivity contribution in [1.29, 1.82) is 0 Å². The third-order valence-electron chi connectivity index (χ3n) is 5.25. The summed E-state index contributed by atoms with van der Waals surface area (Å²) in [5, 5.41) is 7.12. The van der Waals surface area contributed by atoms with Crippen molar-refractivity contribution in [3.05, 3.63) is 0 Å². The van der Waals surface area contributed by atoms with Gasteiger partial charge in [-0.2, -0.15) is 13.2 Å². The number of rotatable bonds is 2. The summed E-state index contributed by atoms with van der Waals surface area (Å²) in [6.45, 7) is 6.89. The fourth-order valence-corrected chi connectivity index (χ4v) is 3.95. The van der Waals surface area contributed by atoms with E-state index in [1.165, 1.54) is 25.9 Å². The van der Waals surface area contributed by atoms with Crippen LogP contribution in [-0.4, -0.2) is 110 Å². The molecule has 0 saturated carbocycles. The van der Waals surface area contributed by atoms with Gasteiger partial charge in [-0.3, -0.25) is 0 Å². The molecule has 11 heteroatoms. The first-order valence-electron chi connectivity index (χ1n) is 9.73. The lowest BCUT2D eigenvalue weighted by atomic mass is 9.94. The van der Waals surface area contributed by atoms with Crippen LogP contribution in [0.25, 0.3) is 0 Å². The SMILES string of the molecule is CN(C)C(=O)N1CCOCC2(CC(CN3CCCC3)CO2)C1.O=C(O)C(F)(F)F. The molecule has 29 heavy (non-hydrogen) atoms. The molecule has 0 aromatic carbocycles. The van der Waals surface area contributed by atoms with Crippen LogP contribution in [-0.2, 0) is 14.3 Å². The van der Waals surface area contributed by atoms with Gasteiger partial charge in [0.25, 0.3) is 0 Å². The second kappa shape index (κ2) is 9.94. The predicted octanol–water partition coefficient (Wildman–Crippen LogP) is 1.50. The van der Waals surface area contributed by atoms with Gasteiger partial charge in [0.05, 0.1) is 26.4 Å². The highest BCUT2D eigenvalue weighted by molar-refractivity contribution is 5.74. The Morgan fingerprint density at radius 2 is 1.83 bits per heavy atom. The highest BCUT2D eigenvalue weighted by Crippen LogP contribution is 2.33. The van der Waals surface area contributed by atoms with E-state index in [1.807, 2.05) is 4.90 Å². The summed E-state index contributed by atoms with van der Waals surface area (Å²) in [6, 6.07) is 0.0523. The number of hydrogen-bond acceptors (Lipinski definition) is 5. The van der Waals surface area contributed by atoms with Crippen LogP contribution < -0.4 is 0 Å². The van der Waals surface area contributed by atoms with Crippen molar-refractivity contribution in [1.82, 2.24) is 14.7 Å². The van der Waals surface area contributed by atoms with Gasteiger partial charge in [-0.1, -0.05) is 0 Å². The summed E-state index contributed by atoms with van der Waals surface area (Å²) < 4.78 is 43.7. The van der Waals surface area contributed by atoms with Crippen molar-refractivity contribution < 1.29 is 37.3 Å². The summed E-state index contributed by atoms with van der Waals surface area (Å²) in [5.41, 5.74) is -0.299. The first kappa shape index (κ1) is 23.7. The maximum absolute atomic E-state index is 12.3. The number of carboxylic acids is 1. The highest BCUT2D eigenvalue weighted by atomic mass is 19.4. The molecule has 1 N–H and O–H groups in total. The molecular formula is C18H30F3N3O5. The summed E-state index contributed by atoms with van der Waals surface area (Å²) in [7, 11) is 3.60. The maximum atomic E-state index is 12.3. The predicted molar refractivity (Wildman–Crippen MR) is 97.6 cm³/mol. The van der Waals surface area contributed by atoms with E-state index in [4.69, 9.17) is 19.4 Å². The molecule has 2 amide bonds. The van der Waals surface area contributed by atoms with Crippen LogP contribution in [0.15, 0.2) is 0 Å². The monoisotopic (exact) mass is 425 g/mol. The molecular weight excluding hydrogens is 395 g/mol. The van der Waals surface area contributed by atoms with Gasteiger partial charge in [-0.15, -0.1) is 0 Å². The number of alkyl halides is 3. The summed E-state index contributed by atoms with van der Waals surface area (Å²) >= 11 is 0. The third-order valence-corrected chi connectivity index (χ3v) is 5.25. The Morgan fingerprint density at radius 1 is 1.21 bits per heavy atom. The molecule has 3 heterocycles. The van der Waals surface area contributed by atoms with Crippen LogP contribution in [0.2, 0.25) is 0 Å². The Labute approximate surface area is 168 Å². The van der Waals surface area contributed by atoms with Crippen LogP contribution in [0.1, 0.15) is 19.3 Å². The van der Waals surface area contributed by atoms with Gasteiger partial charge in [0.1, 0.15) is 5.60 Å². The van der Waals surface area contributed by atoms with E-state index in [1.54, 1.807) is 19.0 Å². The average Bonchev–Trinajstić information content (AvgIpc) is 3.22. The number of carbonyl (C=O) groups excluding carboxylic acids is 1. The number of halogens is 3. The number of nitrogens with zero attached hydrogens (tertiary/aromatic N) is 3.